The quantitative estimate of drug-likeness (QED) is 0.671. The second kappa shape index (κ2) is 4.31. The summed E-state index contributed by atoms with van der Waals surface area (Å²) < 4.78 is 52.3. The van der Waals surface area contributed by atoms with Crippen LogP contribution in [-0.2, 0) is 6.54 Å². The number of hydrogen-bond donors (Lipinski definition) is 1. The van der Waals surface area contributed by atoms with E-state index in [1.54, 1.807) is 0 Å². The highest BCUT2D eigenvalue weighted by atomic mass is 79.9. The third-order valence-corrected chi connectivity index (χ3v) is 2.15. The first kappa shape index (κ1) is 12.2. The fraction of sp³-hybridized carbons (Fsp3) is 0.286. The topological polar surface area (TPSA) is 48.1 Å². The Kier molecular flexibility index (Phi) is 3.50. The van der Waals surface area contributed by atoms with E-state index in [1.165, 1.54) is 0 Å². The Bertz CT molecular complexity index is 369. The summed E-state index contributed by atoms with van der Waals surface area (Å²) in [7, 11) is 0. The van der Waals surface area contributed by atoms with Gasteiger partial charge in [0.1, 0.15) is 0 Å². The third-order valence-electron chi connectivity index (χ3n) is 1.46. The maximum Gasteiger partial charge on any atom is 0.573 e. The minimum Gasteiger partial charge on any atom is -0.400 e. The molecule has 0 atom stereocenters. The van der Waals surface area contributed by atoms with E-state index >= 15 is 0 Å². The van der Waals surface area contributed by atoms with Gasteiger partial charge < -0.3 is 10.5 Å². The Morgan fingerprint density at radius 2 is 2.07 bits per heavy atom. The number of rotatable bonds is 2. The second-order valence-electron chi connectivity index (χ2n) is 2.46. The Balaban J connectivity index is 3.20. The molecule has 0 bridgehead atoms. The molecular weight excluding hydrogens is 284 g/mol. The number of pyridine rings is 1. The van der Waals surface area contributed by atoms with Crippen molar-refractivity contribution in [1.82, 2.24) is 4.98 Å². The maximum absolute atomic E-state index is 12.9. The molecular formula is C7H5BrF4N2O. The van der Waals surface area contributed by atoms with Crippen molar-refractivity contribution in [3.63, 3.8) is 0 Å². The lowest BCUT2D eigenvalue weighted by atomic mass is 10.2. The molecule has 0 aliphatic rings. The van der Waals surface area contributed by atoms with Gasteiger partial charge in [-0.1, -0.05) is 0 Å². The van der Waals surface area contributed by atoms with Gasteiger partial charge in [-0.25, -0.2) is 4.98 Å². The van der Waals surface area contributed by atoms with Gasteiger partial charge in [0, 0.05) is 22.8 Å². The van der Waals surface area contributed by atoms with E-state index < -0.39 is 18.1 Å². The first-order valence-corrected chi connectivity index (χ1v) is 4.43. The third kappa shape index (κ3) is 3.03. The largest absolute Gasteiger partial charge is 0.573 e. The summed E-state index contributed by atoms with van der Waals surface area (Å²) in [6.07, 6.45) is -3.96. The molecule has 8 heteroatoms. The summed E-state index contributed by atoms with van der Waals surface area (Å²) in [5.74, 6) is -2.35. The zero-order valence-corrected chi connectivity index (χ0v) is 8.69. The van der Waals surface area contributed by atoms with E-state index in [-0.39, 0.29) is 16.6 Å². The molecule has 1 heterocycles. The number of alkyl halides is 3. The van der Waals surface area contributed by atoms with Crippen molar-refractivity contribution in [2.45, 2.75) is 12.9 Å². The number of halogens is 5. The van der Waals surface area contributed by atoms with Gasteiger partial charge in [0.25, 0.3) is 5.95 Å². The maximum atomic E-state index is 12.9. The summed E-state index contributed by atoms with van der Waals surface area (Å²) in [5.41, 5.74) is 5.04. The summed E-state index contributed by atoms with van der Waals surface area (Å²) in [5, 5.41) is 0. The molecule has 2 N–H and O–H groups in total. The minimum absolute atomic E-state index is 0.125. The summed E-state index contributed by atoms with van der Waals surface area (Å²) in [4.78, 5) is 3.08. The number of ether oxygens (including phenoxy) is 1. The van der Waals surface area contributed by atoms with Crippen LogP contribution < -0.4 is 10.5 Å². The number of hydrogen-bond acceptors (Lipinski definition) is 3. The molecule has 0 aliphatic heterocycles. The zero-order valence-electron chi connectivity index (χ0n) is 7.11. The van der Waals surface area contributed by atoms with Crippen LogP contribution in [0.2, 0.25) is 0 Å². The van der Waals surface area contributed by atoms with Crippen molar-refractivity contribution in [3.05, 3.63) is 22.2 Å². The molecule has 1 aromatic rings. The lowest BCUT2D eigenvalue weighted by Gasteiger charge is -2.13. The minimum atomic E-state index is -4.98. The summed E-state index contributed by atoms with van der Waals surface area (Å²) >= 11 is 2.89. The Morgan fingerprint density at radius 3 is 2.53 bits per heavy atom. The zero-order chi connectivity index (χ0) is 11.6. The number of nitrogens with two attached hydrogens (primary N) is 1. The highest BCUT2D eigenvalue weighted by Gasteiger charge is 2.34. The van der Waals surface area contributed by atoms with E-state index in [1.807, 2.05) is 0 Å². The standard InChI is InChI=1S/C7H5BrF4N2O/c8-4-2-14-6(9)5(3(4)1-13)15-7(10,11)12/h2H,1,13H2. The van der Waals surface area contributed by atoms with Crippen LogP contribution >= 0.6 is 15.9 Å². The molecule has 3 nitrogen and oxygen atoms in total. The van der Waals surface area contributed by atoms with Crippen molar-refractivity contribution in [1.29, 1.82) is 0 Å². The fourth-order valence-electron chi connectivity index (χ4n) is 0.892. The number of nitrogens with zero attached hydrogens (tertiary/aromatic N) is 1. The Labute approximate surface area is 90.4 Å². The Hall–Kier alpha value is -0.890. The SMILES string of the molecule is NCc1c(Br)cnc(F)c1OC(F)(F)F. The van der Waals surface area contributed by atoms with Crippen molar-refractivity contribution in [3.8, 4) is 5.75 Å². The van der Waals surface area contributed by atoms with Crippen molar-refractivity contribution in [2.75, 3.05) is 0 Å². The first-order chi connectivity index (χ1) is 6.85. The summed E-state index contributed by atoms with van der Waals surface area (Å²) in [6.45, 7) is -0.300. The van der Waals surface area contributed by atoms with Crippen LogP contribution in [0.1, 0.15) is 5.56 Å². The lowest BCUT2D eigenvalue weighted by molar-refractivity contribution is -0.276. The smallest absolute Gasteiger partial charge is 0.400 e. The molecule has 1 aromatic heterocycles. The normalized spacial score (nSPS) is 11.6. The highest BCUT2D eigenvalue weighted by Crippen LogP contribution is 2.32. The second-order valence-corrected chi connectivity index (χ2v) is 3.31. The molecule has 0 aliphatic carbocycles. The molecule has 0 fully saturated rings. The molecule has 0 spiro atoms. The van der Waals surface area contributed by atoms with E-state index in [0.29, 0.717) is 0 Å². The predicted octanol–water partition coefficient (Wildman–Crippen LogP) is 2.34. The molecule has 0 radical (unpaired) electrons. The molecule has 0 saturated carbocycles. The van der Waals surface area contributed by atoms with Gasteiger partial charge in [-0.2, -0.15) is 4.39 Å². The van der Waals surface area contributed by atoms with E-state index in [4.69, 9.17) is 5.73 Å². The average Bonchev–Trinajstić information content (AvgIpc) is 2.10. The molecule has 0 aromatic carbocycles. The van der Waals surface area contributed by atoms with Crippen LogP contribution in [0.5, 0.6) is 5.75 Å². The lowest BCUT2D eigenvalue weighted by Crippen LogP contribution is -2.20. The van der Waals surface area contributed by atoms with Crippen molar-refractivity contribution in [2.24, 2.45) is 5.73 Å². The summed E-state index contributed by atoms with van der Waals surface area (Å²) in [6, 6.07) is 0. The van der Waals surface area contributed by atoms with Crippen LogP contribution in [0, 0.1) is 5.95 Å². The fourth-order valence-corrected chi connectivity index (χ4v) is 1.34. The van der Waals surface area contributed by atoms with Gasteiger partial charge in [-0.05, 0) is 15.9 Å². The average molecular weight is 289 g/mol. The molecule has 15 heavy (non-hydrogen) atoms. The molecule has 0 amide bonds. The van der Waals surface area contributed by atoms with Crippen LogP contribution in [0.4, 0.5) is 17.6 Å². The van der Waals surface area contributed by atoms with Crippen molar-refractivity contribution < 1.29 is 22.3 Å². The molecule has 1 rings (SSSR count). The van der Waals surface area contributed by atoms with Gasteiger partial charge in [-0.15, -0.1) is 13.2 Å². The van der Waals surface area contributed by atoms with E-state index in [2.05, 4.69) is 25.7 Å². The van der Waals surface area contributed by atoms with Crippen LogP contribution in [0.3, 0.4) is 0 Å². The van der Waals surface area contributed by atoms with Gasteiger partial charge in [0.15, 0.2) is 5.75 Å². The highest BCUT2D eigenvalue weighted by molar-refractivity contribution is 9.10. The van der Waals surface area contributed by atoms with E-state index in [9.17, 15) is 17.6 Å². The first-order valence-electron chi connectivity index (χ1n) is 3.64. The van der Waals surface area contributed by atoms with Crippen LogP contribution in [0.15, 0.2) is 10.7 Å². The molecule has 0 saturated heterocycles. The van der Waals surface area contributed by atoms with Gasteiger partial charge >= 0.3 is 6.36 Å². The Morgan fingerprint density at radius 1 is 1.47 bits per heavy atom. The monoisotopic (exact) mass is 288 g/mol. The predicted molar refractivity (Wildman–Crippen MR) is 46.5 cm³/mol. The van der Waals surface area contributed by atoms with Gasteiger partial charge in [-0.3, -0.25) is 0 Å². The number of aromatic nitrogens is 1. The van der Waals surface area contributed by atoms with E-state index in [0.717, 1.165) is 6.20 Å². The molecule has 0 unspecified atom stereocenters. The van der Waals surface area contributed by atoms with Gasteiger partial charge in [0.2, 0.25) is 0 Å². The van der Waals surface area contributed by atoms with Gasteiger partial charge in [0.05, 0.1) is 0 Å². The van der Waals surface area contributed by atoms with Crippen LogP contribution in [0.25, 0.3) is 0 Å². The van der Waals surface area contributed by atoms with Crippen LogP contribution in [-0.4, -0.2) is 11.3 Å². The molecule has 84 valence electrons. The van der Waals surface area contributed by atoms with Crippen molar-refractivity contribution >= 4 is 15.9 Å².